The van der Waals surface area contributed by atoms with Gasteiger partial charge in [0.15, 0.2) is 0 Å². The lowest BCUT2D eigenvalue weighted by Gasteiger charge is -2.27. The van der Waals surface area contributed by atoms with Crippen LogP contribution in [0.4, 0.5) is 0 Å². The molecule has 0 aromatic heterocycles. The van der Waals surface area contributed by atoms with Gasteiger partial charge in [-0.15, -0.1) is 0 Å². The molecule has 0 spiro atoms. The standard InChI is InChI=1S/C60H115NO5/c1-3-5-7-9-11-13-15-17-19-21-23-24-25-26-27-28-29-30-31-32-33-34-35-36-38-39-41-43-45-47-49-51-53-57(63)59(65)56(55-62)61-60(66)58(64)54-52-50-48-46-44-42-40-37-22-20-18-16-14-12-10-8-6-4-2/h12,14,16,18,45,47,56-59,62-65H,3-11,13,15,17,19-44,46,48-55H2,1-2H3,(H,61,66)/b14-12-,18-16-,47-45+. The summed E-state index contributed by atoms with van der Waals surface area (Å²) in [5.41, 5.74) is 0. The molecule has 0 fully saturated rings. The van der Waals surface area contributed by atoms with Crippen molar-refractivity contribution in [3.8, 4) is 0 Å². The molecule has 0 rings (SSSR count). The van der Waals surface area contributed by atoms with Crippen LogP contribution in [0, 0.1) is 0 Å². The van der Waals surface area contributed by atoms with Crippen LogP contribution in [-0.2, 0) is 4.79 Å². The van der Waals surface area contributed by atoms with Crippen molar-refractivity contribution < 1.29 is 25.2 Å². The zero-order valence-corrected chi connectivity index (χ0v) is 44.2. The van der Waals surface area contributed by atoms with Crippen LogP contribution >= 0.6 is 0 Å². The van der Waals surface area contributed by atoms with E-state index in [4.69, 9.17) is 0 Å². The first-order valence-electron chi connectivity index (χ1n) is 29.4. The first kappa shape index (κ1) is 64.5. The third-order valence-corrected chi connectivity index (χ3v) is 13.9. The number of nitrogens with one attached hydrogen (secondary N) is 1. The van der Waals surface area contributed by atoms with Crippen LogP contribution in [0.15, 0.2) is 36.5 Å². The summed E-state index contributed by atoms with van der Waals surface area (Å²) in [4.78, 5) is 12.6. The highest BCUT2D eigenvalue weighted by Gasteiger charge is 2.28. The number of allylic oxidation sites excluding steroid dienone is 6. The number of hydrogen-bond acceptors (Lipinski definition) is 5. The van der Waals surface area contributed by atoms with Crippen molar-refractivity contribution >= 4 is 5.91 Å². The number of amides is 1. The van der Waals surface area contributed by atoms with Crippen LogP contribution in [0.1, 0.15) is 309 Å². The molecule has 5 N–H and O–H groups in total. The highest BCUT2D eigenvalue weighted by atomic mass is 16.3. The number of hydrogen-bond donors (Lipinski definition) is 5. The second-order valence-corrected chi connectivity index (χ2v) is 20.4. The highest BCUT2D eigenvalue weighted by molar-refractivity contribution is 5.80. The fourth-order valence-corrected chi connectivity index (χ4v) is 9.22. The maximum absolute atomic E-state index is 12.6. The molecule has 0 aliphatic rings. The van der Waals surface area contributed by atoms with E-state index in [2.05, 4.69) is 55.6 Å². The van der Waals surface area contributed by atoms with Gasteiger partial charge in [0.25, 0.3) is 0 Å². The Labute approximate surface area is 411 Å². The van der Waals surface area contributed by atoms with Crippen molar-refractivity contribution in [1.82, 2.24) is 5.32 Å². The molecule has 0 aliphatic heterocycles. The fraction of sp³-hybridized carbons (Fsp3) is 0.883. The monoisotopic (exact) mass is 930 g/mol. The lowest BCUT2D eigenvalue weighted by atomic mass is 10.00. The molecule has 0 bridgehead atoms. The summed E-state index contributed by atoms with van der Waals surface area (Å²) in [7, 11) is 0. The lowest BCUT2D eigenvalue weighted by molar-refractivity contribution is -0.132. The SMILES string of the molecule is CCCCC/C=C\C=C/CCCCCCCCCCCC(O)C(=O)NC(CO)C(O)C(O)CCC/C=C/CCCCCCCCCCCCCCCCCCCCCCCCCCCCC. The van der Waals surface area contributed by atoms with Gasteiger partial charge in [-0.1, -0.05) is 281 Å². The minimum atomic E-state index is -1.28. The molecule has 390 valence electrons. The maximum atomic E-state index is 12.6. The predicted molar refractivity (Wildman–Crippen MR) is 288 cm³/mol. The quantitative estimate of drug-likeness (QED) is 0.0237. The second kappa shape index (κ2) is 54.5. The molecule has 0 aromatic rings. The summed E-state index contributed by atoms with van der Waals surface area (Å²) in [6.45, 7) is 4.04. The Kier molecular flexibility index (Phi) is 53.3. The Morgan fingerprint density at radius 2 is 0.667 bits per heavy atom. The zero-order valence-electron chi connectivity index (χ0n) is 44.2. The molecule has 66 heavy (non-hydrogen) atoms. The van der Waals surface area contributed by atoms with Gasteiger partial charge < -0.3 is 25.7 Å². The Morgan fingerprint density at radius 1 is 0.379 bits per heavy atom. The average molecular weight is 931 g/mol. The maximum Gasteiger partial charge on any atom is 0.249 e. The number of carbonyl (C=O) groups is 1. The van der Waals surface area contributed by atoms with E-state index in [1.165, 1.54) is 238 Å². The molecule has 6 heteroatoms. The van der Waals surface area contributed by atoms with Crippen LogP contribution in [0.3, 0.4) is 0 Å². The van der Waals surface area contributed by atoms with Gasteiger partial charge in [-0.3, -0.25) is 4.79 Å². The molecule has 0 saturated carbocycles. The van der Waals surface area contributed by atoms with Crippen molar-refractivity contribution in [3.63, 3.8) is 0 Å². The summed E-state index contributed by atoms with van der Waals surface area (Å²) in [6.07, 6.45) is 68.0. The van der Waals surface area contributed by atoms with E-state index in [0.717, 1.165) is 44.9 Å². The van der Waals surface area contributed by atoms with E-state index in [1.807, 2.05) is 0 Å². The van der Waals surface area contributed by atoms with Crippen molar-refractivity contribution in [2.24, 2.45) is 0 Å². The Morgan fingerprint density at radius 3 is 1.03 bits per heavy atom. The average Bonchev–Trinajstić information content (AvgIpc) is 3.32. The largest absolute Gasteiger partial charge is 0.394 e. The van der Waals surface area contributed by atoms with Crippen LogP contribution in [-0.4, -0.2) is 57.3 Å². The molecule has 4 unspecified atom stereocenters. The first-order chi connectivity index (χ1) is 32.5. The van der Waals surface area contributed by atoms with Crippen LogP contribution < -0.4 is 5.32 Å². The number of unbranched alkanes of at least 4 members (excludes halogenated alkanes) is 40. The lowest BCUT2D eigenvalue weighted by Crippen LogP contribution is -2.53. The normalized spacial score (nSPS) is 14.0. The van der Waals surface area contributed by atoms with E-state index in [9.17, 15) is 25.2 Å². The van der Waals surface area contributed by atoms with Crippen molar-refractivity contribution in [2.45, 2.75) is 334 Å². The minimum absolute atomic E-state index is 0.357. The highest BCUT2D eigenvalue weighted by Crippen LogP contribution is 2.18. The fourth-order valence-electron chi connectivity index (χ4n) is 9.22. The van der Waals surface area contributed by atoms with Crippen molar-refractivity contribution in [3.05, 3.63) is 36.5 Å². The molecule has 0 aromatic carbocycles. The van der Waals surface area contributed by atoms with E-state index in [-0.39, 0.29) is 0 Å². The first-order valence-corrected chi connectivity index (χ1v) is 29.4. The molecule has 0 saturated heterocycles. The molecule has 0 heterocycles. The van der Waals surface area contributed by atoms with Gasteiger partial charge in [-0.2, -0.15) is 0 Å². The van der Waals surface area contributed by atoms with Gasteiger partial charge in [0, 0.05) is 0 Å². The minimum Gasteiger partial charge on any atom is -0.394 e. The Hall–Kier alpha value is -1.47. The van der Waals surface area contributed by atoms with Crippen LogP contribution in [0.25, 0.3) is 0 Å². The molecule has 0 aliphatic carbocycles. The smallest absolute Gasteiger partial charge is 0.249 e. The zero-order chi connectivity index (χ0) is 48.1. The summed E-state index contributed by atoms with van der Waals surface area (Å²) < 4.78 is 0. The molecular formula is C60H115NO5. The molecule has 1 amide bonds. The summed E-state index contributed by atoms with van der Waals surface area (Å²) in [5.74, 6) is -0.595. The van der Waals surface area contributed by atoms with Gasteiger partial charge >= 0.3 is 0 Å². The predicted octanol–water partition coefficient (Wildman–Crippen LogP) is 17.2. The Balaban J connectivity index is 3.60. The topological polar surface area (TPSA) is 110 Å². The molecule has 4 atom stereocenters. The van der Waals surface area contributed by atoms with Crippen LogP contribution in [0.5, 0.6) is 0 Å². The second-order valence-electron chi connectivity index (χ2n) is 20.4. The van der Waals surface area contributed by atoms with E-state index < -0.39 is 36.9 Å². The van der Waals surface area contributed by atoms with Gasteiger partial charge in [0.1, 0.15) is 12.2 Å². The van der Waals surface area contributed by atoms with E-state index in [0.29, 0.717) is 12.8 Å². The summed E-state index contributed by atoms with van der Waals surface area (Å²) in [5, 5.41) is 44.0. The molecule has 0 radical (unpaired) electrons. The number of carbonyl (C=O) groups excluding carboxylic acids is 1. The van der Waals surface area contributed by atoms with Crippen molar-refractivity contribution in [2.75, 3.05) is 6.61 Å². The summed E-state index contributed by atoms with van der Waals surface area (Å²) >= 11 is 0. The van der Waals surface area contributed by atoms with Crippen molar-refractivity contribution in [1.29, 1.82) is 0 Å². The Bertz CT molecular complexity index is 1040. The third kappa shape index (κ3) is 47.6. The van der Waals surface area contributed by atoms with Crippen LogP contribution in [0.2, 0.25) is 0 Å². The van der Waals surface area contributed by atoms with E-state index >= 15 is 0 Å². The number of rotatable bonds is 54. The van der Waals surface area contributed by atoms with E-state index in [1.54, 1.807) is 0 Å². The number of aliphatic hydroxyl groups is 4. The van der Waals surface area contributed by atoms with Gasteiger partial charge in [0.2, 0.25) is 5.91 Å². The molecule has 6 nitrogen and oxygen atoms in total. The number of aliphatic hydroxyl groups excluding tert-OH is 4. The summed E-state index contributed by atoms with van der Waals surface area (Å²) in [6, 6.07) is -1.01. The molecular weight excluding hydrogens is 815 g/mol. The van der Waals surface area contributed by atoms with Gasteiger partial charge in [0.05, 0.1) is 18.8 Å². The van der Waals surface area contributed by atoms with Gasteiger partial charge in [-0.25, -0.2) is 0 Å². The third-order valence-electron chi connectivity index (χ3n) is 13.9. The van der Waals surface area contributed by atoms with Gasteiger partial charge in [-0.05, 0) is 64.2 Å².